The minimum absolute atomic E-state index is 0.643. The molecular formula is C20H28N4. The quantitative estimate of drug-likeness (QED) is 0.827. The first-order valence-corrected chi connectivity index (χ1v) is 8.80. The van der Waals surface area contributed by atoms with Crippen molar-refractivity contribution in [3.05, 3.63) is 54.1 Å². The van der Waals surface area contributed by atoms with Gasteiger partial charge in [0.25, 0.3) is 0 Å². The molecule has 1 fully saturated rings. The lowest BCUT2D eigenvalue weighted by atomic mass is 10.1. The van der Waals surface area contributed by atoms with Gasteiger partial charge in [0, 0.05) is 55.8 Å². The Labute approximate surface area is 145 Å². The summed E-state index contributed by atoms with van der Waals surface area (Å²) in [7, 11) is 0. The second-order valence-electron chi connectivity index (χ2n) is 6.72. The number of nitrogens with one attached hydrogen (secondary N) is 1. The molecule has 3 N–H and O–H groups in total. The fourth-order valence-corrected chi connectivity index (χ4v) is 3.18. The number of rotatable bonds is 5. The zero-order valence-corrected chi connectivity index (χ0v) is 14.7. The van der Waals surface area contributed by atoms with Crippen molar-refractivity contribution in [1.29, 1.82) is 0 Å². The first kappa shape index (κ1) is 16.7. The number of nitrogens with zero attached hydrogens (tertiary/aromatic N) is 2. The lowest BCUT2D eigenvalue weighted by Crippen LogP contribution is -2.48. The van der Waals surface area contributed by atoms with E-state index in [1.165, 1.54) is 5.69 Å². The van der Waals surface area contributed by atoms with Gasteiger partial charge in [0.15, 0.2) is 0 Å². The SMILES string of the molecule is CC(C)N1CCN(c2ccc(NCc3ccccc3N)cc2)CC1. The molecule has 4 heteroatoms. The van der Waals surface area contributed by atoms with Crippen LogP contribution >= 0.6 is 0 Å². The van der Waals surface area contributed by atoms with Gasteiger partial charge >= 0.3 is 0 Å². The van der Waals surface area contributed by atoms with Gasteiger partial charge in [-0.05, 0) is 49.7 Å². The Bertz CT molecular complexity index is 643. The van der Waals surface area contributed by atoms with Crippen LogP contribution in [0.1, 0.15) is 19.4 Å². The predicted octanol–water partition coefficient (Wildman–Crippen LogP) is 3.41. The first-order valence-electron chi connectivity index (χ1n) is 8.80. The van der Waals surface area contributed by atoms with E-state index in [9.17, 15) is 0 Å². The number of benzene rings is 2. The Morgan fingerprint density at radius 2 is 1.62 bits per heavy atom. The lowest BCUT2D eigenvalue weighted by Gasteiger charge is -2.38. The second kappa shape index (κ2) is 7.58. The highest BCUT2D eigenvalue weighted by Gasteiger charge is 2.18. The summed E-state index contributed by atoms with van der Waals surface area (Å²) < 4.78 is 0. The minimum atomic E-state index is 0.643. The van der Waals surface area contributed by atoms with Crippen molar-refractivity contribution in [3.8, 4) is 0 Å². The van der Waals surface area contributed by atoms with Crippen LogP contribution in [0.3, 0.4) is 0 Å². The van der Waals surface area contributed by atoms with Crippen molar-refractivity contribution in [3.63, 3.8) is 0 Å². The molecule has 1 aliphatic heterocycles. The van der Waals surface area contributed by atoms with Crippen LogP contribution in [0.5, 0.6) is 0 Å². The number of nitrogen functional groups attached to an aromatic ring is 1. The van der Waals surface area contributed by atoms with Gasteiger partial charge in [-0.3, -0.25) is 4.90 Å². The Morgan fingerprint density at radius 3 is 2.25 bits per heavy atom. The van der Waals surface area contributed by atoms with E-state index in [0.717, 1.165) is 49.7 Å². The maximum atomic E-state index is 5.99. The van der Waals surface area contributed by atoms with Gasteiger partial charge < -0.3 is 16.0 Å². The van der Waals surface area contributed by atoms with Gasteiger partial charge in [0.1, 0.15) is 0 Å². The van der Waals surface area contributed by atoms with Crippen molar-refractivity contribution >= 4 is 17.1 Å². The number of anilines is 3. The summed E-state index contributed by atoms with van der Waals surface area (Å²) in [6.07, 6.45) is 0. The molecule has 0 spiro atoms. The maximum Gasteiger partial charge on any atom is 0.0421 e. The third kappa shape index (κ3) is 4.01. The van der Waals surface area contributed by atoms with Gasteiger partial charge in [-0.1, -0.05) is 18.2 Å². The van der Waals surface area contributed by atoms with E-state index in [4.69, 9.17) is 5.73 Å². The van der Waals surface area contributed by atoms with Crippen LogP contribution in [0.4, 0.5) is 17.1 Å². The Morgan fingerprint density at radius 1 is 0.958 bits per heavy atom. The number of para-hydroxylation sites is 1. The summed E-state index contributed by atoms with van der Waals surface area (Å²) in [6, 6.07) is 17.4. The highest BCUT2D eigenvalue weighted by Crippen LogP contribution is 2.21. The third-order valence-corrected chi connectivity index (χ3v) is 4.82. The minimum Gasteiger partial charge on any atom is -0.398 e. The number of nitrogens with two attached hydrogens (primary N) is 1. The molecule has 1 aliphatic rings. The highest BCUT2D eigenvalue weighted by molar-refractivity contribution is 5.56. The summed E-state index contributed by atoms with van der Waals surface area (Å²) in [5.41, 5.74) is 10.4. The van der Waals surface area contributed by atoms with Crippen molar-refractivity contribution in [2.75, 3.05) is 42.1 Å². The number of piperazine rings is 1. The molecule has 2 aromatic carbocycles. The van der Waals surface area contributed by atoms with Crippen LogP contribution in [0.15, 0.2) is 48.5 Å². The van der Waals surface area contributed by atoms with E-state index < -0.39 is 0 Å². The third-order valence-electron chi connectivity index (χ3n) is 4.82. The molecule has 3 rings (SSSR count). The van der Waals surface area contributed by atoms with Crippen molar-refractivity contribution in [1.82, 2.24) is 4.90 Å². The van der Waals surface area contributed by atoms with Gasteiger partial charge in [0.05, 0.1) is 0 Å². The number of hydrogen-bond acceptors (Lipinski definition) is 4. The van der Waals surface area contributed by atoms with Crippen molar-refractivity contribution in [2.45, 2.75) is 26.4 Å². The molecule has 0 radical (unpaired) electrons. The zero-order chi connectivity index (χ0) is 16.9. The van der Waals surface area contributed by atoms with E-state index in [2.05, 4.69) is 59.3 Å². The largest absolute Gasteiger partial charge is 0.398 e. The molecule has 0 aliphatic carbocycles. The zero-order valence-electron chi connectivity index (χ0n) is 14.7. The summed E-state index contributed by atoms with van der Waals surface area (Å²) in [5, 5.41) is 3.45. The van der Waals surface area contributed by atoms with Crippen LogP contribution in [0.2, 0.25) is 0 Å². The van der Waals surface area contributed by atoms with Crippen molar-refractivity contribution < 1.29 is 0 Å². The van der Waals surface area contributed by atoms with E-state index in [0.29, 0.717) is 6.04 Å². The molecule has 0 bridgehead atoms. The molecule has 24 heavy (non-hydrogen) atoms. The lowest BCUT2D eigenvalue weighted by molar-refractivity contribution is 0.209. The molecule has 0 aromatic heterocycles. The molecule has 128 valence electrons. The van der Waals surface area contributed by atoms with E-state index >= 15 is 0 Å². The summed E-state index contributed by atoms with van der Waals surface area (Å²) in [5.74, 6) is 0. The first-order chi connectivity index (χ1) is 11.6. The second-order valence-corrected chi connectivity index (χ2v) is 6.72. The van der Waals surface area contributed by atoms with E-state index in [1.807, 2.05) is 18.2 Å². The van der Waals surface area contributed by atoms with Gasteiger partial charge in [-0.25, -0.2) is 0 Å². The van der Waals surface area contributed by atoms with Crippen LogP contribution in [-0.2, 0) is 6.54 Å². The Hall–Kier alpha value is -2.20. The Balaban J connectivity index is 1.55. The average Bonchev–Trinajstić information content (AvgIpc) is 2.62. The molecule has 0 amide bonds. The standard InChI is InChI=1S/C20H28N4/c1-16(2)23-11-13-24(14-12-23)19-9-7-18(8-10-19)22-15-17-5-3-4-6-20(17)21/h3-10,16,22H,11-15,21H2,1-2H3. The normalized spacial score (nSPS) is 15.7. The molecule has 1 saturated heterocycles. The monoisotopic (exact) mass is 324 g/mol. The smallest absolute Gasteiger partial charge is 0.0421 e. The molecule has 0 atom stereocenters. The average molecular weight is 324 g/mol. The summed E-state index contributed by atoms with van der Waals surface area (Å²) in [6.45, 7) is 9.79. The molecular weight excluding hydrogens is 296 g/mol. The van der Waals surface area contributed by atoms with Gasteiger partial charge in [0.2, 0.25) is 0 Å². The van der Waals surface area contributed by atoms with Gasteiger partial charge in [-0.15, -0.1) is 0 Å². The van der Waals surface area contributed by atoms with Crippen LogP contribution in [0.25, 0.3) is 0 Å². The fourth-order valence-electron chi connectivity index (χ4n) is 3.18. The summed E-state index contributed by atoms with van der Waals surface area (Å²) >= 11 is 0. The van der Waals surface area contributed by atoms with E-state index in [1.54, 1.807) is 0 Å². The van der Waals surface area contributed by atoms with Crippen LogP contribution in [0, 0.1) is 0 Å². The van der Waals surface area contributed by atoms with Crippen LogP contribution < -0.4 is 16.0 Å². The topological polar surface area (TPSA) is 44.5 Å². The fraction of sp³-hybridized carbons (Fsp3) is 0.400. The van der Waals surface area contributed by atoms with Crippen molar-refractivity contribution in [2.24, 2.45) is 0 Å². The molecule has 4 nitrogen and oxygen atoms in total. The molecule has 1 heterocycles. The van der Waals surface area contributed by atoms with Gasteiger partial charge in [-0.2, -0.15) is 0 Å². The van der Waals surface area contributed by atoms with E-state index in [-0.39, 0.29) is 0 Å². The highest BCUT2D eigenvalue weighted by atomic mass is 15.3. The Kier molecular flexibility index (Phi) is 5.26. The maximum absolute atomic E-state index is 5.99. The number of hydrogen-bond donors (Lipinski definition) is 2. The molecule has 2 aromatic rings. The molecule has 0 unspecified atom stereocenters. The molecule has 0 saturated carbocycles. The van der Waals surface area contributed by atoms with Crippen LogP contribution in [-0.4, -0.2) is 37.1 Å². The predicted molar refractivity (Wildman–Crippen MR) is 104 cm³/mol. The summed E-state index contributed by atoms with van der Waals surface area (Å²) in [4.78, 5) is 5.01.